The van der Waals surface area contributed by atoms with Gasteiger partial charge in [0.1, 0.15) is 17.7 Å². The van der Waals surface area contributed by atoms with Crippen LogP contribution < -0.4 is 10.5 Å². The van der Waals surface area contributed by atoms with E-state index in [0.29, 0.717) is 12.3 Å². The van der Waals surface area contributed by atoms with Crippen LogP contribution in [0.5, 0.6) is 5.75 Å². The Morgan fingerprint density at radius 2 is 1.78 bits per heavy atom. The van der Waals surface area contributed by atoms with Crippen molar-refractivity contribution in [1.29, 1.82) is 0 Å². The van der Waals surface area contributed by atoms with E-state index in [0.717, 1.165) is 10.0 Å². The van der Waals surface area contributed by atoms with E-state index in [1.165, 1.54) is 12.1 Å². The zero-order valence-electron chi connectivity index (χ0n) is 9.64. The number of hydrogen-bond donors (Lipinski definition) is 1. The summed E-state index contributed by atoms with van der Waals surface area (Å²) >= 11 is 3.47. The molecule has 0 amide bonds. The van der Waals surface area contributed by atoms with E-state index in [4.69, 9.17) is 10.5 Å². The van der Waals surface area contributed by atoms with Crippen LogP contribution in [0.4, 0.5) is 4.39 Å². The molecule has 4 heteroatoms. The summed E-state index contributed by atoms with van der Waals surface area (Å²) in [5.41, 5.74) is 6.71. The number of nitrogens with two attached hydrogens (primary N) is 1. The van der Waals surface area contributed by atoms with Gasteiger partial charge in [0.05, 0.1) is 0 Å². The molecule has 0 aliphatic rings. The second-order valence-corrected chi connectivity index (χ2v) is 4.67. The molecule has 0 spiro atoms. The lowest BCUT2D eigenvalue weighted by molar-refractivity contribution is 0.213. The lowest BCUT2D eigenvalue weighted by atomic mass is 10.1. The van der Waals surface area contributed by atoms with Crippen molar-refractivity contribution in [1.82, 2.24) is 0 Å². The molecule has 0 fully saturated rings. The smallest absolute Gasteiger partial charge is 0.137 e. The minimum atomic E-state index is -0.285. The van der Waals surface area contributed by atoms with Crippen LogP contribution in [0.25, 0.3) is 0 Å². The van der Waals surface area contributed by atoms with E-state index >= 15 is 0 Å². The van der Waals surface area contributed by atoms with Gasteiger partial charge in [-0.2, -0.15) is 0 Å². The van der Waals surface area contributed by atoms with Crippen LogP contribution in [0, 0.1) is 5.82 Å². The molecule has 2 rings (SSSR count). The van der Waals surface area contributed by atoms with Crippen LogP contribution in [-0.2, 0) is 0 Å². The average molecular weight is 310 g/mol. The standard InChI is InChI=1S/C14H13BrFNO/c15-13-4-2-1-3-12(13)14(9-17)18-11-7-5-10(16)6-8-11/h1-8,14H,9,17H2. The highest BCUT2D eigenvalue weighted by atomic mass is 79.9. The quantitative estimate of drug-likeness (QED) is 0.935. The molecule has 2 N–H and O–H groups in total. The molecule has 1 atom stereocenters. The highest BCUT2D eigenvalue weighted by Crippen LogP contribution is 2.27. The van der Waals surface area contributed by atoms with Gasteiger partial charge in [-0.15, -0.1) is 0 Å². The number of ether oxygens (including phenoxy) is 1. The predicted molar refractivity (Wildman–Crippen MR) is 73.0 cm³/mol. The second kappa shape index (κ2) is 5.98. The molecular formula is C14H13BrFNO. The maximum Gasteiger partial charge on any atom is 0.137 e. The maximum atomic E-state index is 12.8. The Morgan fingerprint density at radius 1 is 1.11 bits per heavy atom. The van der Waals surface area contributed by atoms with Crippen molar-refractivity contribution in [3.05, 3.63) is 64.4 Å². The number of hydrogen-bond acceptors (Lipinski definition) is 2. The summed E-state index contributed by atoms with van der Waals surface area (Å²) in [5, 5.41) is 0. The normalized spacial score (nSPS) is 12.2. The highest BCUT2D eigenvalue weighted by molar-refractivity contribution is 9.10. The van der Waals surface area contributed by atoms with Crippen LogP contribution in [0.1, 0.15) is 11.7 Å². The topological polar surface area (TPSA) is 35.2 Å². The Balaban J connectivity index is 2.20. The molecule has 94 valence electrons. The van der Waals surface area contributed by atoms with Crippen LogP contribution in [0.2, 0.25) is 0 Å². The third-order valence-corrected chi connectivity index (χ3v) is 3.28. The van der Waals surface area contributed by atoms with Crippen LogP contribution >= 0.6 is 15.9 Å². The van der Waals surface area contributed by atoms with Crippen molar-refractivity contribution in [2.75, 3.05) is 6.54 Å². The molecule has 1 unspecified atom stereocenters. The van der Waals surface area contributed by atoms with E-state index in [2.05, 4.69) is 15.9 Å². The summed E-state index contributed by atoms with van der Waals surface area (Å²) < 4.78 is 19.5. The van der Waals surface area contributed by atoms with Gasteiger partial charge in [-0.25, -0.2) is 4.39 Å². The van der Waals surface area contributed by atoms with Crippen molar-refractivity contribution in [3.8, 4) is 5.75 Å². The molecule has 0 saturated carbocycles. The Kier molecular flexibility index (Phi) is 4.33. The minimum Gasteiger partial charge on any atom is -0.484 e. The summed E-state index contributed by atoms with van der Waals surface area (Å²) in [5.74, 6) is 0.315. The molecule has 0 heterocycles. The van der Waals surface area contributed by atoms with Gasteiger partial charge in [0.15, 0.2) is 0 Å². The van der Waals surface area contributed by atoms with Gasteiger partial charge in [-0.1, -0.05) is 34.1 Å². The van der Waals surface area contributed by atoms with E-state index in [-0.39, 0.29) is 11.9 Å². The molecule has 18 heavy (non-hydrogen) atoms. The van der Waals surface area contributed by atoms with Gasteiger partial charge in [-0.3, -0.25) is 0 Å². The monoisotopic (exact) mass is 309 g/mol. The molecule has 0 aliphatic carbocycles. The first-order chi connectivity index (χ1) is 8.70. The van der Waals surface area contributed by atoms with Crippen LogP contribution in [0.3, 0.4) is 0 Å². The Labute approximate surface area is 114 Å². The lowest BCUT2D eigenvalue weighted by Gasteiger charge is -2.19. The van der Waals surface area contributed by atoms with E-state index < -0.39 is 0 Å². The molecule has 2 aromatic rings. The predicted octanol–water partition coefficient (Wildman–Crippen LogP) is 3.67. The molecule has 0 aromatic heterocycles. The first-order valence-corrected chi connectivity index (χ1v) is 6.36. The van der Waals surface area contributed by atoms with Crippen molar-refractivity contribution in [2.24, 2.45) is 5.73 Å². The zero-order chi connectivity index (χ0) is 13.0. The first-order valence-electron chi connectivity index (χ1n) is 5.57. The van der Waals surface area contributed by atoms with E-state index in [9.17, 15) is 4.39 Å². The fraction of sp³-hybridized carbons (Fsp3) is 0.143. The molecule has 2 nitrogen and oxygen atoms in total. The number of rotatable bonds is 4. The van der Waals surface area contributed by atoms with Gasteiger partial charge >= 0.3 is 0 Å². The van der Waals surface area contributed by atoms with E-state index in [1.807, 2.05) is 24.3 Å². The molecule has 0 aliphatic heterocycles. The Bertz CT molecular complexity index is 515. The SMILES string of the molecule is NCC(Oc1ccc(F)cc1)c1ccccc1Br. The fourth-order valence-corrected chi connectivity index (χ4v) is 2.19. The minimum absolute atomic E-state index is 0.258. The number of halogens is 2. The third-order valence-electron chi connectivity index (χ3n) is 2.56. The molecule has 2 aromatic carbocycles. The molecule has 0 saturated heterocycles. The summed E-state index contributed by atoms with van der Waals surface area (Å²) in [7, 11) is 0. The highest BCUT2D eigenvalue weighted by Gasteiger charge is 2.14. The maximum absolute atomic E-state index is 12.8. The molecular weight excluding hydrogens is 297 g/mol. The van der Waals surface area contributed by atoms with Crippen molar-refractivity contribution >= 4 is 15.9 Å². The Morgan fingerprint density at radius 3 is 2.39 bits per heavy atom. The fourth-order valence-electron chi connectivity index (χ4n) is 1.65. The number of benzene rings is 2. The van der Waals surface area contributed by atoms with Crippen molar-refractivity contribution in [2.45, 2.75) is 6.10 Å². The van der Waals surface area contributed by atoms with E-state index in [1.54, 1.807) is 12.1 Å². The summed E-state index contributed by atoms with van der Waals surface area (Å²) in [6.45, 7) is 0.347. The zero-order valence-corrected chi connectivity index (χ0v) is 11.2. The third kappa shape index (κ3) is 3.09. The molecule has 0 radical (unpaired) electrons. The van der Waals surface area contributed by atoms with Gasteiger partial charge in [-0.05, 0) is 30.3 Å². The van der Waals surface area contributed by atoms with Crippen molar-refractivity contribution < 1.29 is 9.13 Å². The van der Waals surface area contributed by atoms with Gasteiger partial charge in [0.25, 0.3) is 0 Å². The first kappa shape index (κ1) is 13.1. The lowest BCUT2D eigenvalue weighted by Crippen LogP contribution is -2.18. The second-order valence-electron chi connectivity index (χ2n) is 3.82. The van der Waals surface area contributed by atoms with Crippen LogP contribution in [0.15, 0.2) is 53.0 Å². The van der Waals surface area contributed by atoms with Crippen LogP contribution in [-0.4, -0.2) is 6.54 Å². The average Bonchev–Trinajstić information content (AvgIpc) is 2.39. The summed E-state index contributed by atoms with van der Waals surface area (Å²) in [4.78, 5) is 0. The Hall–Kier alpha value is -1.39. The summed E-state index contributed by atoms with van der Waals surface area (Å²) in [6, 6.07) is 13.7. The molecule has 0 bridgehead atoms. The van der Waals surface area contributed by atoms with Gasteiger partial charge in [0.2, 0.25) is 0 Å². The van der Waals surface area contributed by atoms with Gasteiger partial charge < -0.3 is 10.5 Å². The van der Waals surface area contributed by atoms with Gasteiger partial charge in [0, 0.05) is 16.6 Å². The largest absolute Gasteiger partial charge is 0.484 e. The summed E-state index contributed by atoms with van der Waals surface area (Å²) in [6.07, 6.45) is -0.258. The van der Waals surface area contributed by atoms with Crippen molar-refractivity contribution in [3.63, 3.8) is 0 Å².